The van der Waals surface area contributed by atoms with Crippen LogP contribution >= 0.6 is 12.4 Å². The minimum Gasteiger partial charge on any atom is -0.337 e. The Bertz CT molecular complexity index is 890. The zero-order chi connectivity index (χ0) is 19.8. The Hall–Kier alpha value is -2.18. The predicted molar refractivity (Wildman–Crippen MR) is 113 cm³/mol. The van der Waals surface area contributed by atoms with Crippen LogP contribution in [0.1, 0.15) is 54.1 Å². The number of nitrogens with zero attached hydrogens (tertiary/aromatic N) is 2. The molecule has 2 heterocycles. The molecule has 1 saturated heterocycles. The van der Waals surface area contributed by atoms with E-state index in [1.54, 1.807) is 11.8 Å². The largest absolute Gasteiger partial charge is 0.337 e. The van der Waals surface area contributed by atoms with Gasteiger partial charge in [0.15, 0.2) is 0 Å². The zero-order valence-corrected chi connectivity index (χ0v) is 17.7. The van der Waals surface area contributed by atoms with Gasteiger partial charge in [-0.3, -0.25) is 9.59 Å². The number of carbonyl (C=O) groups excluding carboxylic acids is 1. The van der Waals surface area contributed by atoms with E-state index in [-0.39, 0.29) is 46.7 Å². The summed E-state index contributed by atoms with van der Waals surface area (Å²) >= 11 is 0. The standard InChI is InChI=1S/C21H28N4O2.ClH/c1-13-17(18(26)24-20(23-13)21(2,3)4)19(27)25-11-15(10-22)16(12-25)14-8-6-5-7-9-14;/h5-9,15-16H,10-12,22H2,1-4H3,(H,23,24,26);1H/t15-,16+;/m1./s1. The van der Waals surface area contributed by atoms with Gasteiger partial charge in [0.05, 0.1) is 5.69 Å². The first-order valence-electron chi connectivity index (χ1n) is 9.38. The van der Waals surface area contributed by atoms with Crippen molar-refractivity contribution in [2.45, 2.75) is 39.0 Å². The number of aromatic amines is 1. The molecule has 1 aliphatic rings. The van der Waals surface area contributed by atoms with Gasteiger partial charge in [-0.15, -0.1) is 12.4 Å². The van der Waals surface area contributed by atoms with Crippen LogP contribution in [0.5, 0.6) is 0 Å². The van der Waals surface area contributed by atoms with Gasteiger partial charge < -0.3 is 15.6 Å². The highest BCUT2D eigenvalue weighted by atomic mass is 35.5. The third kappa shape index (κ3) is 4.28. The third-order valence-electron chi connectivity index (χ3n) is 5.28. The number of halogens is 1. The average molecular weight is 405 g/mol. The van der Waals surface area contributed by atoms with Crippen molar-refractivity contribution in [1.82, 2.24) is 14.9 Å². The van der Waals surface area contributed by atoms with Crippen molar-refractivity contribution >= 4 is 18.3 Å². The fraction of sp³-hybridized carbons (Fsp3) is 0.476. The number of likely N-dealkylation sites (tertiary alicyclic amines) is 1. The number of aryl methyl sites for hydroxylation is 1. The number of hydrogen-bond donors (Lipinski definition) is 2. The Morgan fingerprint density at radius 3 is 2.43 bits per heavy atom. The summed E-state index contributed by atoms with van der Waals surface area (Å²) in [5.74, 6) is 0.683. The number of H-pyrrole nitrogens is 1. The molecule has 0 unspecified atom stereocenters. The number of nitrogens with one attached hydrogen (secondary N) is 1. The maximum atomic E-state index is 13.1. The molecule has 2 aromatic rings. The molecule has 7 heteroatoms. The van der Waals surface area contributed by atoms with Crippen LogP contribution < -0.4 is 11.3 Å². The lowest BCUT2D eigenvalue weighted by molar-refractivity contribution is 0.0783. The minimum atomic E-state index is -0.370. The summed E-state index contributed by atoms with van der Waals surface area (Å²) in [6.45, 7) is 9.26. The third-order valence-corrected chi connectivity index (χ3v) is 5.28. The first-order chi connectivity index (χ1) is 12.7. The van der Waals surface area contributed by atoms with Gasteiger partial charge >= 0.3 is 0 Å². The molecule has 1 amide bonds. The highest BCUT2D eigenvalue weighted by Gasteiger charge is 2.37. The fourth-order valence-electron chi connectivity index (χ4n) is 3.70. The van der Waals surface area contributed by atoms with E-state index in [1.807, 2.05) is 39.0 Å². The first kappa shape index (κ1) is 22.1. The van der Waals surface area contributed by atoms with Crippen LogP contribution in [-0.4, -0.2) is 40.4 Å². The van der Waals surface area contributed by atoms with Gasteiger partial charge in [0.25, 0.3) is 11.5 Å². The van der Waals surface area contributed by atoms with Gasteiger partial charge in [-0.25, -0.2) is 4.98 Å². The summed E-state index contributed by atoms with van der Waals surface area (Å²) in [7, 11) is 0. The quantitative estimate of drug-likeness (QED) is 0.822. The van der Waals surface area contributed by atoms with Crippen molar-refractivity contribution in [2.75, 3.05) is 19.6 Å². The number of hydrogen-bond acceptors (Lipinski definition) is 4. The number of aromatic nitrogens is 2. The predicted octanol–water partition coefficient (Wildman–Crippen LogP) is 2.61. The molecule has 1 aromatic carbocycles. The van der Waals surface area contributed by atoms with Crippen LogP contribution in [0.2, 0.25) is 0 Å². The summed E-state index contributed by atoms with van der Waals surface area (Å²) in [6.07, 6.45) is 0. The lowest BCUT2D eigenvalue weighted by Gasteiger charge is -2.20. The molecule has 152 valence electrons. The Balaban J connectivity index is 0.00000280. The van der Waals surface area contributed by atoms with Crippen LogP contribution in [0.4, 0.5) is 0 Å². The number of amides is 1. The molecule has 3 N–H and O–H groups in total. The van der Waals surface area contributed by atoms with Crippen LogP contribution in [-0.2, 0) is 5.41 Å². The van der Waals surface area contributed by atoms with E-state index in [2.05, 4.69) is 22.1 Å². The Morgan fingerprint density at radius 1 is 1.25 bits per heavy atom. The highest BCUT2D eigenvalue weighted by molar-refractivity contribution is 5.95. The summed E-state index contributed by atoms with van der Waals surface area (Å²) in [6, 6.07) is 10.1. The van der Waals surface area contributed by atoms with Crippen molar-refractivity contribution in [3.8, 4) is 0 Å². The van der Waals surface area contributed by atoms with E-state index in [1.165, 1.54) is 5.56 Å². The molecule has 0 saturated carbocycles. The maximum Gasteiger partial charge on any atom is 0.264 e. The van der Waals surface area contributed by atoms with E-state index in [0.29, 0.717) is 31.2 Å². The normalized spacial score (nSPS) is 19.4. The van der Waals surface area contributed by atoms with Crippen LogP contribution in [0.3, 0.4) is 0 Å². The number of rotatable bonds is 3. The van der Waals surface area contributed by atoms with Crippen LogP contribution in [0, 0.1) is 12.8 Å². The Labute approximate surface area is 172 Å². The minimum absolute atomic E-state index is 0. The van der Waals surface area contributed by atoms with E-state index in [9.17, 15) is 9.59 Å². The highest BCUT2D eigenvalue weighted by Crippen LogP contribution is 2.32. The number of carbonyl (C=O) groups is 1. The van der Waals surface area contributed by atoms with Crippen LogP contribution in [0.15, 0.2) is 35.1 Å². The van der Waals surface area contributed by atoms with Crippen molar-refractivity contribution in [3.63, 3.8) is 0 Å². The second-order valence-corrected chi connectivity index (χ2v) is 8.35. The van der Waals surface area contributed by atoms with Gasteiger partial charge in [-0.05, 0) is 24.9 Å². The fourth-order valence-corrected chi connectivity index (χ4v) is 3.70. The van der Waals surface area contributed by atoms with E-state index >= 15 is 0 Å². The topological polar surface area (TPSA) is 92.1 Å². The van der Waals surface area contributed by atoms with Crippen molar-refractivity contribution < 1.29 is 4.79 Å². The lowest BCUT2D eigenvalue weighted by Crippen LogP contribution is -2.36. The maximum absolute atomic E-state index is 13.1. The molecule has 0 radical (unpaired) electrons. The molecule has 0 aliphatic carbocycles. The van der Waals surface area contributed by atoms with Crippen molar-refractivity contribution in [1.29, 1.82) is 0 Å². The summed E-state index contributed by atoms with van der Waals surface area (Å²) in [4.78, 5) is 34.8. The molecule has 1 aromatic heterocycles. The van der Waals surface area contributed by atoms with E-state index in [4.69, 9.17) is 5.73 Å². The van der Waals surface area contributed by atoms with E-state index in [0.717, 1.165) is 0 Å². The molecule has 3 rings (SSSR count). The molecule has 1 fully saturated rings. The molecule has 0 bridgehead atoms. The summed E-state index contributed by atoms with van der Waals surface area (Å²) < 4.78 is 0. The van der Waals surface area contributed by atoms with E-state index < -0.39 is 0 Å². The summed E-state index contributed by atoms with van der Waals surface area (Å²) in [5, 5.41) is 0. The molecule has 28 heavy (non-hydrogen) atoms. The van der Waals surface area contributed by atoms with Crippen molar-refractivity contribution in [2.24, 2.45) is 11.7 Å². The van der Waals surface area contributed by atoms with Gasteiger partial charge in [0, 0.05) is 24.4 Å². The molecular weight excluding hydrogens is 376 g/mol. The summed E-state index contributed by atoms with van der Waals surface area (Å²) in [5.41, 5.74) is 7.09. The van der Waals surface area contributed by atoms with Gasteiger partial charge in [-0.1, -0.05) is 51.1 Å². The van der Waals surface area contributed by atoms with Crippen molar-refractivity contribution in [3.05, 3.63) is 63.3 Å². The van der Waals surface area contributed by atoms with Crippen LogP contribution in [0.25, 0.3) is 0 Å². The molecular formula is C21H29ClN4O2. The van der Waals surface area contributed by atoms with Gasteiger partial charge in [-0.2, -0.15) is 0 Å². The lowest BCUT2D eigenvalue weighted by atomic mass is 9.89. The first-order valence-corrected chi connectivity index (χ1v) is 9.38. The second kappa shape index (κ2) is 8.45. The molecule has 6 nitrogen and oxygen atoms in total. The Morgan fingerprint density at radius 2 is 1.89 bits per heavy atom. The second-order valence-electron chi connectivity index (χ2n) is 8.35. The SMILES string of the molecule is Cc1nc(C(C)(C)C)[nH]c(=O)c1C(=O)N1C[C@@H](CN)[C@H](c2ccccc2)C1.Cl. The molecule has 0 spiro atoms. The monoisotopic (exact) mass is 404 g/mol. The average Bonchev–Trinajstić information content (AvgIpc) is 3.05. The molecule has 2 atom stereocenters. The zero-order valence-electron chi connectivity index (χ0n) is 16.9. The number of nitrogens with two attached hydrogens (primary N) is 1. The molecule has 1 aliphatic heterocycles. The smallest absolute Gasteiger partial charge is 0.264 e. The number of benzene rings is 1. The Kier molecular flexibility index (Phi) is 6.67. The van der Waals surface area contributed by atoms with Gasteiger partial charge in [0.1, 0.15) is 11.4 Å². The van der Waals surface area contributed by atoms with Gasteiger partial charge in [0.2, 0.25) is 0 Å².